The fraction of sp³-hybridized carbons (Fsp3) is 0.333. The molecule has 4 aromatic rings. The second kappa shape index (κ2) is 11.3. The van der Waals surface area contributed by atoms with Crippen molar-refractivity contribution < 1.29 is 14.3 Å². The Morgan fingerprint density at radius 3 is 1.95 bits per heavy atom. The fourth-order valence-electron chi connectivity index (χ4n) is 4.52. The SMILES string of the molecule is Cc1cc2nc(-c3ccc(Cl)cc3)ccc2c(-c2ccc(Cl)cc2)c1C(COC(=O)C(C)(C)C)OC(C)(C)C. The summed E-state index contributed by atoms with van der Waals surface area (Å²) in [6, 6.07) is 21.6. The van der Waals surface area contributed by atoms with Crippen molar-refractivity contribution in [2.45, 2.75) is 60.2 Å². The number of hydrogen-bond donors (Lipinski definition) is 0. The van der Waals surface area contributed by atoms with E-state index in [-0.39, 0.29) is 12.6 Å². The van der Waals surface area contributed by atoms with Crippen LogP contribution in [0.3, 0.4) is 0 Å². The molecule has 0 aliphatic rings. The molecule has 4 nitrogen and oxygen atoms in total. The maximum absolute atomic E-state index is 12.7. The maximum atomic E-state index is 12.7. The molecule has 0 amide bonds. The number of benzene rings is 3. The van der Waals surface area contributed by atoms with E-state index < -0.39 is 17.1 Å². The standard InChI is InChI=1S/C33H35Cl2NO3/c1-20-18-27-25(16-17-26(36-27)21-8-12-23(34)13-9-21)30(22-10-14-24(35)15-11-22)29(20)28(39-33(5,6)7)19-38-31(37)32(2,3)4/h8-18,28H,19H2,1-7H3. The van der Waals surface area contributed by atoms with Crippen LogP contribution in [0.1, 0.15) is 58.8 Å². The van der Waals surface area contributed by atoms with Crippen molar-refractivity contribution in [1.82, 2.24) is 4.98 Å². The summed E-state index contributed by atoms with van der Waals surface area (Å²) < 4.78 is 12.4. The van der Waals surface area contributed by atoms with Crippen LogP contribution in [-0.2, 0) is 14.3 Å². The van der Waals surface area contributed by atoms with Crippen molar-refractivity contribution in [3.63, 3.8) is 0 Å². The van der Waals surface area contributed by atoms with Crippen LogP contribution in [0.15, 0.2) is 66.7 Å². The van der Waals surface area contributed by atoms with E-state index in [0.29, 0.717) is 10.0 Å². The van der Waals surface area contributed by atoms with Crippen LogP contribution in [0, 0.1) is 12.3 Å². The quantitative estimate of drug-likeness (QED) is 0.219. The number of carbonyl (C=O) groups is 1. The van der Waals surface area contributed by atoms with Crippen molar-refractivity contribution in [3.8, 4) is 22.4 Å². The molecule has 1 unspecified atom stereocenters. The Kier molecular flexibility index (Phi) is 8.41. The summed E-state index contributed by atoms with van der Waals surface area (Å²) in [7, 11) is 0. The van der Waals surface area contributed by atoms with Gasteiger partial charge in [-0.1, -0.05) is 53.5 Å². The molecule has 0 radical (unpaired) electrons. The van der Waals surface area contributed by atoms with Gasteiger partial charge < -0.3 is 9.47 Å². The van der Waals surface area contributed by atoms with E-state index in [0.717, 1.165) is 44.4 Å². The molecule has 204 valence electrons. The zero-order valence-corrected chi connectivity index (χ0v) is 25.1. The van der Waals surface area contributed by atoms with Gasteiger partial charge in [-0.2, -0.15) is 0 Å². The van der Waals surface area contributed by atoms with Crippen molar-refractivity contribution >= 4 is 40.1 Å². The van der Waals surface area contributed by atoms with Crippen LogP contribution in [0.2, 0.25) is 10.0 Å². The van der Waals surface area contributed by atoms with Gasteiger partial charge in [0.25, 0.3) is 0 Å². The van der Waals surface area contributed by atoms with E-state index >= 15 is 0 Å². The Hall–Kier alpha value is -2.92. The van der Waals surface area contributed by atoms with Crippen molar-refractivity contribution in [3.05, 3.63) is 87.9 Å². The highest BCUT2D eigenvalue weighted by molar-refractivity contribution is 6.31. The largest absolute Gasteiger partial charge is 0.462 e. The van der Waals surface area contributed by atoms with E-state index in [2.05, 4.69) is 19.1 Å². The zero-order chi connectivity index (χ0) is 28.5. The summed E-state index contributed by atoms with van der Waals surface area (Å²) in [5.41, 5.74) is 5.52. The minimum absolute atomic E-state index is 0.0938. The molecule has 0 aliphatic carbocycles. The number of hydrogen-bond acceptors (Lipinski definition) is 4. The van der Waals surface area contributed by atoms with Crippen molar-refractivity contribution in [1.29, 1.82) is 0 Å². The topological polar surface area (TPSA) is 48.4 Å². The van der Waals surface area contributed by atoms with E-state index in [1.807, 2.05) is 96.1 Å². The highest BCUT2D eigenvalue weighted by atomic mass is 35.5. The van der Waals surface area contributed by atoms with Gasteiger partial charge in [0.2, 0.25) is 0 Å². The Balaban J connectivity index is 1.93. The van der Waals surface area contributed by atoms with Crippen LogP contribution in [0.4, 0.5) is 0 Å². The number of rotatable bonds is 6. The lowest BCUT2D eigenvalue weighted by Gasteiger charge is -2.31. The molecule has 0 bridgehead atoms. The van der Waals surface area contributed by atoms with Crippen LogP contribution in [-0.4, -0.2) is 23.2 Å². The lowest BCUT2D eigenvalue weighted by molar-refractivity contribution is -0.162. The van der Waals surface area contributed by atoms with Gasteiger partial charge in [0, 0.05) is 21.0 Å². The number of carbonyl (C=O) groups excluding carboxylic acids is 1. The number of esters is 1. The third-order valence-corrected chi connectivity index (χ3v) is 6.81. The molecule has 0 N–H and O–H groups in total. The Morgan fingerprint density at radius 1 is 0.846 bits per heavy atom. The van der Waals surface area contributed by atoms with Gasteiger partial charge in [0.05, 0.1) is 22.2 Å². The highest BCUT2D eigenvalue weighted by Crippen LogP contribution is 2.41. The van der Waals surface area contributed by atoms with Gasteiger partial charge >= 0.3 is 5.97 Å². The number of nitrogens with zero attached hydrogens (tertiary/aromatic N) is 1. The third-order valence-electron chi connectivity index (χ3n) is 6.31. The summed E-state index contributed by atoms with van der Waals surface area (Å²) in [4.78, 5) is 17.8. The summed E-state index contributed by atoms with van der Waals surface area (Å²) in [6.45, 7) is 13.7. The first-order valence-corrected chi connectivity index (χ1v) is 13.8. The van der Waals surface area contributed by atoms with Crippen molar-refractivity contribution in [2.24, 2.45) is 5.41 Å². The van der Waals surface area contributed by atoms with Crippen molar-refractivity contribution in [2.75, 3.05) is 6.61 Å². The molecule has 0 saturated carbocycles. The molecule has 0 fully saturated rings. The Bertz CT molecular complexity index is 1480. The Morgan fingerprint density at radius 2 is 1.41 bits per heavy atom. The van der Waals surface area contributed by atoms with Crippen LogP contribution in [0.25, 0.3) is 33.3 Å². The summed E-state index contributed by atoms with van der Waals surface area (Å²) in [5, 5.41) is 2.31. The average Bonchev–Trinajstić information content (AvgIpc) is 2.85. The number of ether oxygens (including phenoxy) is 2. The molecule has 0 spiro atoms. The van der Waals surface area contributed by atoms with Gasteiger partial charge in [-0.15, -0.1) is 0 Å². The first-order valence-electron chi connectivity index (χ1n) is 13.0. The molecule has 0 aliphatic heterocycles. The molecule has 1 heterocycles. The second-order valence-corrected chi connectivity index (χ2v) is 12.7. The third kappa shape index (κ3) is 7.00. The number of aromatic nitrogens is 1. The maximum Gasteiger partial charge on any atom is 0.311 e. The molecule has 4 rings (SSSR count). The van der Waals surface area contributed by atoms with Crippen LogP contribution in [0.5, 0.6) is 0 Å². The summed E-state index contributed by atoms with van der Waals surface area (Å²) >= 11 is 12.4. The summed E-state index contributed by atoms with van der Waals surface area (Å²) in [5.74, 6) is -0.272. The minimum atomic E-state index is -0.619. The molecule has 0 saturated heterocycles. The van der Waals surface area contributed by atoms with Gasteiger partial charge in [-0.25, -0.2) is 4.98 Å². The van der Waals surface area contributed by atoms with E-state index in [9.17, 15) is 4.79 Å². The fourth-order valence-corrected chi connectivity index (χ4v) is 4.77. The molecule has 3 aromatic carbocycles. The molecule has 6 heteroatoms. The predicted octanol–water partition coefficient (Wildman–Crippen LogP) is 9.63. The highest BCUT2D eigenvalue weighted by Gasteiger charge is 2.30. The lowest BCUT2D eigenvalue weighted by atomic mass is 9.88. The smallest absolute Gasteiger partial charge is 0.311 e. The lowest BCUT2D eigenvalue weighted by Crippen LogP contribution is -2.30. The molecule has 1 atom stereocenters. The molecule has 39 heavy (non-hydrogen) atoms. The number of halogens is 2. The molecule has 1 aromatic heterocycles. The predicted molar refractivity (Wildman–Crippen MR) is 161 cm³/mol. The van der Waals surface area contributed by atoms with E-state index in [4.69, 9.17) is 37.7 Å². The van der Waals surface area contributed by atoms with E-state index in [1.54, 1.807) is 0 Å². The van der Waals surface area contributed by atoms with Crippen LogP contribution >= 0.6 is 23.2 Å². The summed E-state index contributed by atoms with van der Waals surface area (Å²) in [6.07, 6.45) is -0.498. The minimum Gasteiger partial charge on any atom is -0.462 e. The first kappa shape index (κ1) is 29.1. The molecular weight excluding hydrogens is 529 g/mol. The normalized spacial score (nSPS) is 12.9. The number of aryl methyl sites for hydroxylation is 1. The van der Waals surface area contributed by atoms with Crippen LogP contribution < -0.4 is 0 Å². The number of pyridine rings is 1. The first-order chi connectivity index (χ1) is 18.2. The Labute approximate surface area is 241 Å². The zero-order valence-electron chi connectivity index (χ0n) is 23.6. The van der Waals surface area contributed by atoms with E-state index in [1.165, 1.54) is 0 Å². The van der Waals surface area contributed by atoms with Gasteiger partial charge in [-0.3, -0.25) is 4.79 Å². The van der Waals surface area contributed by atoms with Gasteiger partial charge in [0.15, 0.2) is 0 Å². The average molecular weight is 565 g/mol. The second-order valence-electron chi connectivity index (χ2n) is 11.8. The van der Waals surface area contributed by atoms with Gasteiger partial charge in [-0.05, 0) is 107 Å². The van der Waals surface area contributed by atoms with Gasteiger partial charge in [0.1, 0.15) is 12.7 Å². The number of fused-ring (bicyclic) bond motifs is 1. The molecular formula is C33H35Cl2NO3. The monoisotopic (exact) mass is 563 g/mol.